The summed E-state index contributed by atoms with van der Waals surface area (Å²) in [5, 5.41) is 2.55. The Morgan fingerprint density at radius 3 is 2.27 bits per heavy atom. The first-order chi connectivity index (χ1) is 18.9. The largest absolute Gasteiger partial charge is 0.497 e. The third-order valence-electron chi connectivity index (χ3n) is 7.17. The van der Waals surface area contributed by atoms with Crippen molar-refractivity contribution in [2.24, 2.45) is 5.92 Å². The van der Waals surface area contributed by atoms with Crippen molar-refractivity contribution >= 4 is 53.2 Å². The Morgan fingerprint density at radius 1 is 1.07 bits per heavy atom. The maximum absolute atomic E-state index is 13.9. The molecule has 1 aliphatic rings. The highest BCUT2D eigenvalue weighted by Crippen LogP contribution is 2.40. The van der Waals surface area contributed by atoms with Gasteiger partial charge in [-0.05, 0) is 71.5 Å². The monoisotopic (exact) mass is 601 g/mol. The van der Waals surface area contributed by atoms with Gasteiger partial charge < -0.3 is 18.9 Å². The van der Waals surface area contributed by atoms with Crippen molar-refractivity contribution in [1.29, 1.82) is 0 Å². The molecule has 3 aromatic carbocycles. The van der Waals surface area contributed by atoms with E-state index in [1.165, 1.54) is 6.92 Å². The number of carbonyl (C=O) groups excluding carboxylic acids is 2. The topological polar surface area (TPSA) is 72.9 Å². The first kappa shape index (κ1) is 30.4. The van der Waals surface area contributed by atoms with Gasteiger partial charge in [0.15, 0.2) is 5.78 Å². The number of methoxy groups -OCH3 is 1. The van der Waals surface area contributed by atoms with Crippen LogP contribution in [-0.4, -0.2) is 49.9 Å². The fourth-order valence-electron chi connectivity index (χ4n) is 5.34. The van der Waals surface area contributed by atoms with Gasteiger partial charge in [0.2, 0.25) is 12.3 Å². The van der Waals surface area contributed by atoms with Gasteiger partial charge in [0.1, 0.15) is 18.6 Å². The minimum Gasteiger partial charge on any atom is -0.497 e. The van der Waals surface area contributed by atoms with Crippen LogP contribution in [0, 0.1) is 5.92 Å². The molecule has 0 radical (unpaired) electrons. The lowest BCUT2D eigenvalue weighted by molar-refractivity contribution is -0.131. The van der Waals surface area contributed by atoms with Gasteiger partial charge in [0, 0.05) is 43.2 Å². The highest BCUT2D eigenvalue weighted by atomic mass is 31.2. The SMILES string of the molecule is COc1cc(P)c([C@@H]2CN(Cc3ccccc3P(C)(C)=O)C(=O)[C@H]2CC(=O)c2ccc(OC(C)F)cc2)c(P)c1. The van der Waals surface area contributed by atoms with Crippen molar-refractivity contribution in [3.63, 3.8) is 0 Å². The quantitative estimate of drug-likeness (QED) is 0.250. The molecule has 0 aromatic heterocycles. The molecule has 40 heavy (non-hydrogen) atoms. The summed E-state index contributed by atoms with van der Waals surface area (Å²) in [6.45, 7) is 5.47. The van der Waals surface area contributed by atoms with Crippen molar-refractivity contribution in [3.8, 4) is 11.5 Å². The maximum atomic E-state index is 13.9. The summed E-state index contributed by atoms with van der Waals surface area (Å²) in [5.41, 5.74) is 2.24. The summed E-state index contributed by atoms with van der Waals surface area (Å²) in [4.78, 5) is 29.1. The van der Waals surface area contributed by atoms with Crippen LogP contribution in [0.15, 0.2) is 60.7 Å². The van der Waals surface area contributed by atoms with Gasteiger partial charge >= 0.3 is 0 Å². The van der Waals surface area contributed by atoms with E-state index in [4.69, 9.17) is 9.47 Å². The number of halogens is 1. The number of carbonyl (C=O) groups is 2. The number of alkyl halides is 1. The lowest BCUT2D eigenvalue weighted by atomic mass is 9.84. The van der Waals surface area contributed by atoms with E-state index in [0.29, 0.717) is 30.2 Å². The molecule has 0 bridgehead atoms. The number of hydrogen-bond donors (Lipinski definition) is 0. The molecule has 3 aromatic rings. The van der Waals surface area contributed by atoms with E-state index in [2.05, 4.69) is 18.5 Å². The van der Waals surface area contributed by atoms with Gasteiger partial charge in [0.05, 0.1) is 13.0 Å². The number of nitrogens with zero attached hydrogens (tertiary/aromatic N) is 1. The number of benzene rings is 3. The molecule has 0 spiro atoms. The minimum absolute atomic E-state index is 0.0155. The van der Waals surface area contributed by atoms with Crippen molar-refractivity contribution in [2.75, 3.05) is 27.0 Å². The molecule has 10 heteroatoms. The van der Waals surface area contributed by atoms with Crippen molar-refractivity contribution in [1.82, 2.24) is 4.90 Å². The molecule has 6 nitrogen and oxygen atoms in total. The zero-order chi connectivity index (χ0) is 29.2. The van der Waals surface area contributed by atoms with Crippen molar-refractivity contribution < 1.29 is 28.0 Å². The molecular weight excluding hydrogens is 566 g/mol. The standard InChI is InChI=1S/C30H35FNO5P3/c1-18(31)37-21-11-9-19(10-12-21)25(33)15-23-24(29-26(38)13-22(36-2)14-27(29)39)17-32(30(23)34)16-20-7-5-6-8-28(20)40(3,4)35/h5-14,18,23-24H,15-17,38-39H2,1-4H3/t18?,23-,24+/m0/s1. The van der Waals surface area contributed by atoms with E-state index in [9.17, 15) is 18.5 Å². The summed E-state index contributed by atoms with van der Waals surface area (Å²) < 4.78 is 36.7. The van der Waals surface area contributed by atoms with Crippen LogP contribution >= 0.6 is 25.6 Å². The Balaban J connectivity index is 1.68. The smallest absolute Gasteiger partial charge is 0.235 e. The number of Topliss-reactive ketones (excluding diaryl/α,β-unsaturated/α-hetero) is 1. The van der Waals surface area contributed by atoms with Gasteiger partial charge in [-0.1, -0.05) is 24.3 Å². The van der Waals surface area contributed by atoms with Crippen LogP contribution in [0.3, 0.4) is 0 Å². The summed E-state index contributed by atoms with van der Waals surface area (Å²) in [5.74, 6) is -0.114. The van der Waals surface area contributed by atoms with Crippen LogP contribution in [0.4, 0.5) is 4.39 Å². The molecule has 1 fully saturated rings. The average molecular weight is 602 g/mol. The number of rotatable bonds is 10. The summed E-state index contributed by atoms with van der Waals surface area (Å²) in [7, 11) is 4.51. The van der Waals surface area contributed by atoms with Crippen molar-refractivity contribution in [2.45, 2.75) is 32.2 Å². The van der Waals surface area contributed by atoms with Gasteiger partial charge in [-0.15, -0.1) is 18.5 Å². The number of amides is 1. The lowest BCUT2D eigenvalue weighted by Crippen LogP contribution is -2.29. The first-order valence-electron chi connectivity index (χ1n) is 13.0. The summed E-state index contributed by atoms with van der Waals surface area (Å²) in [6, 6.07) is 17.6. The van der Waals surface area contributed by atoms with Gasteiger partial charge in [-0.25, -0.2) is 4.39 Å². The van der Waals surface area contributed by atoms with Crippen LogP contribution < -0.4 is 25.4 Å². The number of likely N-dealkylation sites (tertiary alicyclic amines) is 1. The third-order valence-corrected chi connectivity index (χ3v) is 9.72. The normalized spacial score (nSPS) is 18.1. The molecule has 5 atom stereocenters. The van der Waals surface area contributed by atoms with E-state index in [1.54, 1.807) is 49.6 Å². The molecule has 212 valence electrons. The number of ether oxygens (including phenoxy) is 2. The second kappa shape index (κ2) is 12.5. The maximum Gasteiger partial charge on any atom is 0.235 e. The van der Waals surface area contributed by atoms with E-state index in [1.807, 2.05) is 36.4 Å². The van der Waals surface area contributed by atoms with Crippen LogP contribution in [0.25, 0.3) is 0 Å². The molecule has 0 aliphatic carbocycles. The highest BCUT2D eigenvalue weighted by Gasteiger charge is 2.43. The van der Waals surface area contributed by atoms with E-state index in [0.717, 1.165) is 27.0 Å². The minimum atomic E-state index is -2.57. The van der Waals surface area contributed by atoms with Crippen LogP contribution in [0.2, 0.25) is 0 Å². The second-order valence-corrected chi connectivity index (χ2v) is 14.9. The van der Waals surface area contributed by atoms with Crippen LogP contribution in [0.5, 0.6) is 11.5 Å². The molecule has 1 aliphatic heterocycles. The van der Waals surface area contributed by atoms with Gasteiger partial charge in [0.25, 0.3) is 0 Å². The molecule has 4 rings (SSSR count). The zero-order valence-electron chi connectivity index (χ0n) is 23.1. The summed E-state index contributed by atoms with van der Waals surface area (Å²) in [6.07, 6.45) is -1.45. The fraction of sp³-hybridized carbons (Fsp3) is 0.333. The summed E-state index contributed by atoms with van der Waals surface area (Å²) >= 11 is 0. The highest BCUT2D eigenvalue weighted by molar-refractivity contribution is 7.70. The van der Waals surface area contributed by atoms with Gasteiger partial charge in [-0.3, -0.25) is 9.59 Å². The fourth-order valence-corrected chi connectivity index (χ4v) is 7.88. The van der Waals surface area contributed by atoms with Crippen LogP contribution in [-0.2, 0) is 15.9 Å². The third kappa shape index (κ3) is 6.82. The first-order valence-corrected chi connectivity index (χ1v) is 16.7. The Labute approximate surface area is 239 Å². The van der Waals surface area contributed by atoms with Crippen molar-refractivity contribution in [3.05, 3.63) is 77.4 Å². The predicted molar refractivity (Wildman–Crippen MR) is 165 cm³/mol. The average Bonchev–Trinajstić information content (AvgIpc) is 3.17. The molecule has 3 unspecified atom stereocenters. The molecule has 1 amide bonds. The molecule has 1 saturated heterocycles. The van der Waals surface area contributed by atoms with Crippen LogP contribution in [0.1, 0.15) is 40.7 Å². The van der Waals surface area contributed by atoms with E-state index in [-0.39, 0.29) is 24.0 Å². The van der Waals surface area contributed by atoms with Gasteiger partial charge in [-0.2, -0.15) is 0 Å². The Morgan fingerprint density at radius 2 is 1.70 bits per heavy atom. The predicted octanol–water partition coefficient (Wildman–Crippen LogP) is 4.65. The Hall–Kier alpha value is -2.58. The number of hydrogen-bond acceptors (Lipinski definition) is 5. The molecule has 1 heterocycles. The van der Waals surface area contributed by atoms with E-state index < -0.39 is 19.4 Å². The molecular formula is C30H35FNO5P3. The van der Waals surface area contributed by atoms with E-state index >= 15 is 0 Å². The zero-order valence-corrected chi connectivity index (χ0v) is 26.3. The number of ketones is 1. The Kier molecular flexibility index (Phi) is 9.51. The Bertz CT molecular complexity index is 1430. The molecule has 0 saturated carbocycles. The lowest BCUT2D eigenvalue weighted by Gasteiger charge is -2.22. The molecule has 0 N–H and O–H groups in total. The second-order valence-electron chi connectivity index (χ2n) is 10.4.